The van der Waals surface area contributed by atoms with Gasteiger partial charge in [-0.1, -0.05) is 30.3 Å². The number of benzene rings is 1. The highest BCUT2D eigenvalue weighted by Gasteiger charge is 2.41. The molecule has 3 aliphatic rings. The first kappa shape index (κ1) is 17.9. The lowest BCUT2D eigenvalue weighted by Crippen LogP contribution is -2.49. The molecule has 3 aliphatic heterocycles. The Kier molecular flexibility index (Phi) is 6.04. The number of hydrogen-bond donors (Lipinski definition) is 0. The number of hydrogen-bond acceptors (Lipinski definition) is 4. The van der Waals surface area contributed by atoms with Crippen LogP contribution in [0.25, 0.3) is 0 Å². The van der Waals surface area contributed by atoms with Crippen molar-refractivity contribution in [3.63, 3.8) is 0 Å². The van der Waals surface area contributed by atoms with Crippen molar-refractivity contribution in [2.45, 2.75) is 25.5 Å². The molecule has 3 fully saturated rings. The second-order valence-corrected chi connectivity index (χ2v) is 6.73. The van der Waals surface area contributed by atoms with Crippen molar-refractivity contribution >= 4 is 11.8 Å². The second kappa shape index (κ2) is 8.45. The Hall–Kier alpha value is -1.92. The van der Waals surface area contributed by atoms with Crippen LogP contribution in [0.3, 0.4) is 0 Å². The molecule has 0 aromatic heterocycles. The van der Waals surface area contributed by atoms with Crippen molar-refractivity contribution in [3.8, 4) is 0 Å². The monoisotopic (exact) mass is 346 g/mol. The summed E-state index contributed by atoms with van der Waals surface area (Å²) in [4.78, 5) is 28.8. The number of methoxy groups -OCH3 is 1. The van der Waals surface area contributed by atoms with Crippen LogP contribution in [0.15, 0.2) is 30.3 Å². The van der Waals surface area contributed by atoms with Crippen molar-refractivity contribution in [3.05, 3.63) is 35.9 Å². The van der Waals surface area contributed by atoms with Crippen molar-refractivity contribution in [1.82, 2.24) is 9.80 Å². The van der Waals surface area contributed by atoms with Crippen LogP contribution < -0.4 is 0 Å². The van der Waals surface area contributed by atoms with Gasteiger partial charge < -0.3 is 19.3 Å². The lowest BCUT2D eigenvalue weighted by Gasteiger charge is -2.35. The smallest absolute Gasteiger partial charge is 0.248 e. The Labute approximate surface area is 148 Å². The number of piperidine rings is 1. The molecule has 4 rings (SSSR count). The van der Waals surface area contributed by atoms with Gasteiger partial charge in [0.1, 0.15) is 6.61 Å². The van der Waals surface area contributed by atoms with E-state index in [1.807, 2.05) is 35.2 Å². The molecule has 0 saturated carbocycles. The van der Waals surface area contributed by atoms with E-state index in [1.165, 1.54) is 0 Å². The normalized spacial score (nSPS) is 23.0. The minimum Gasteiger partial charge on any atom is -0.383 e. The highest BCUT2D eigenvalue weighted by Crippen LogP contribution is 2.29. The molecule has 3 heterocycles. The molecule has 6 nitrogen and oxygen atoms in total. The van der Waals surface area contributed by atoms with Gasteiger partial charge in [0.15, 0.2) is 0 Å². The van der Waals surface area contributed by atoms with Crippen LogP contribution in [0, 0.1) is 5.92 Å². The van der Waals surface area contributed by atoms with E-state index in [-0.39, 0.29) is 30.4 Å². The maximum atomic E-state index is 12.6. The fourth-order valence-electron chi connectivity index (χ4n) is 3.65. The Bertz CT molecular complexity index is 592. The summed E-state index contributed by atoms with van der Waals surface area (Å²) in [6, 6.07) is 9.90. The third-order valence-corrected chi connectivity index (χ3v) is 5.02. The van der Waals surface area contributed by atoms with E-state index in [2.05, 4.69) is 0 Å². The van der Waals surface area contributed by atoms with Crippen LogP contribution in [0.1, 0.15) is 18.4 Å². The van der Waals surface area contributed by atoms with Crippen LogP contribution in [0.2, 0.25) is 0 Å². The van der Waals surface area contributed by atoms with Gasteiger partial charge in [-0.15, -0.1) is 0 Å². The highest BCUT2D eigenvalue weighted by molar-refractivity contribution is 5.83. The van der Waals surface area contributed by atoms with Crippen molar-refractivity contribution < 1.29 is 19.1 Å². The molecule has 3 saturated heterocycles. The maximum Gasteiger partial charge on any atom is 0.248 e. The van der Waals surface area contributed by atoms with E-state index in [9.17, 15) is 9.59 Å². The zero-order valence-corrected chi connectivity index (χ0v) is 14.7. The van der Waals surface area contributed by atoms with Gasteiger partial charge >= 0.3 is 0 Å². The number of fused-ring (bicyclic) bond motifs is 4. The van der Waals surface area contributed by atoms with Crippen molar-refractivity contribution in [2.75, 3.05) is 40.0 Å². The number of nitrogens with zero attached hydrogens (tertiary/aromatic N) is 2. The van der Waals surface area contributed by atoms with Crippen LogP contribution in [0.5, 0.6) is 0 Å². The van der Waals surface area contributed by atoms with Gasteiger partial charge in [-0.05, 0) is 18.4 Å². The van der Waals surface area contributed by atoms with Crippen LogP contribution in [-0.4, -0.2) is 67.6 Å². The first-order valence-corrected chi connectivity index (χ1v) is 8.88. The highest BCUT2D eigenvalue weighted by atomic mass is 16.5. The Morgan fingerprint density at radius 1 is 1.20 bits per heavy atom. The summed E-state index contributed by atoms with van der Waals surface area (Å²) in [5.74, 6) is 0.0386. The predicted molar refractivity (Wildman–Crippen MR) is 92.8 cm³/mol. The standard InChI is InChI=1S/C19H26N2O4/c1-24-10-9-21-17-8-7-16(19(21)23)11-20(12-17)18(22)14-25-13-15-5-3-2-4-6-15/h2-6,16-17H,7-14H2,1H3/t16-,17+/m0/s1. The van der Waals surface area contributed by atoms with Gasteiger partial charge in [0.25, 0.3) is 0 Å². The van der Waals surface area contributed by atoms with E-state index < -0.39 is 0 Å². The quantitative estimate of drug-likeness (QED) is 0.747. The average Bonchev–Trinajstić information content (AvgIpc) is 2.92. The number of carbonyl (C=O) groups is 2. The van der Waals surface area contributed by atoms with Gasteiger partial charge in [-0.3, -0.25) is 9.59 Å². The molecule has 2 amide bonds. The summed E-state index contributed by atoms with van der Waals surface area (Å²) in [6.45, 7) is 2.71. The largest absolute Gasteiger partial charge is 0.383 e. The SMILES string of the molecule is COCCN1C(=O)[C@H]2CC[C@@H]1CN(C(=O)COCc1ccccc1)C2. The van der Waals surface area contributed by atoms with Crippen molar-refractivity contribution in [2.24, 2.45) is 5.92 Å². The molecule has 25 heavy (non-hydrogen) atoms. The molecular weight excluding hydrogens is 320 g/mol. The fourth-order valence-corrected chi connectivity index (χ4v) is 3.65. The summed E-state index contributed by atoms with van der Waals surface area (Å²) in [5, 5.41) is 0. The van der Waals surface area contributed by atoms with E-state index in [1.54, 1.807) is 12.0 Å². The van der Waals surface area contributed by atoms with Crippen molar-refractivity contribution in [1.29, 1.82) is 0 Å². The number of carbonyl (C=O) groups excluding carboxylic acids is 2. The molecule has 136 valence electrons. The fraction of sp³-hybridized carbons (Fsp3) is 0.579. The molecule has 0 N–H and O–H groups in total. The van der Waals surface area contributed by atoms with Crippen LogP contribution >= 0.6 is 0 Å². The minimum absolute atomic E-state index is 0.0331. The lowest BCUT2D eigenvalue weighted by atomic mass is 9.94. The molecule has 0 unspecified atom stereocenters. The summed E-state index contributed by atoms with van der Waals surface area (Å²) < 4.78 is 10.7. The summed E-state index contributed by atoms with van der Waals surface area (Å²) >= 11 is 0. The average molecular weight is 346 g/mol. The molecule has 2 atom stereocenters. The summed E-state index contributed by atoms with van der Waals surface area (Å²) in [6.07, 6.45) is 1.82. The molecule has 1 aromatic carbocycles. The van der Waals surface area contributed by atoms with Gasteiger partial charge in [0.2, 0.25) is 11.8 Å². The molecule has 0 radical (unpaired) electrons. The third-order valence-electron chi connectivity index (χ3n) is 5.02. The van der Waals surface area contributed by atoms with E-state index in [4.69, 9.17) is 9.47 Å². The number of rotatable bonds is 7. The molecular formula is C19H26N2O4. The van der Waals surface area contributed by atoms with E-state index >= 15 is 0 Å². The summed E-state index contributed by atoms with van der Waals surface area (Å²) in [7, 11) is 1.64. The zero-order chi connectivity index (χ0) is 17.6. The van der Waals surface area contributed by atoms with Gasteiger partial charge in [-0.25, -0.2) is 0 Å². The summed E-state index contributed by atoms with van der Waals surface area (Å²) in [5.41, 5.74) is 1.05. The zero-order valence-electron chi connectivity index (χ0n) is 14.7. The molecule has 1 aromatic rings. The van der Waals surface area contributed by atoms with Gasteiger partial charge in [-0.2, -0.15) is 0 Å². The van der Waals surface area contributed by atoms with Gasteiger partial charge in [0.05, 0.1) is 19.1 Å². The number of amides is 2. The first-order valence-electron chi connectivity index (χ1n) is 8.88. The Balaban J connectivity index is 1.54. The minimum atomic E-state index is -0.0892. The molecule has 6 heteroatoms. The Morgan fingerprint density at radius 3 is 2.76 bits per heavy atom. The van der Waals surface area contributed by atoms with E-state index in [0.29, 0.717) is 32.8 Å². The Morgan fingerprint density at radius 2 is 2.00 bits per heavy atom. The molecule has 0 aliphatic carbocycles. The number of ether oxygens (including phenoxy) is 2. The molecule has 0 spiro atoms. The third kappa shape index (κ3) is 4.38. The topological polar surface area (TPSA) is 59.1 Å². The maximum absolute atomic E-state index is 12.6. The second-order valence-electron chi connectivity index (χ2n) is 6.73. The predicted octanol–water partition coefficient (Wildman–Crippen LogP) is 1.30. The lowest BCUT2D eigenvalue weighted by molar-refractivity contribution is -0.140. The molecule has 2 bridgehead atoms. The van der Waals surface area contributed by atoms with Crippen LogP contribution in [-0.2, 0) is 25.7 Å². The first-order chi connectivity index (χ1) is 12.2. The van der Waals surface area contributed by atoms with E-state index in [0.717, 1.165) is 18.4 Å². The van der Waals surface area contributed by atoms with Crippen LogP contribution in [0.4, 0.5) is 0 Å². The van der Waals surface area contributed by atoms with Gasteiger partial charge in [0, 0.05) is 32.8 Å².